The predicted molar refractivity (Wildman–Crippen MR) is 117 cm³/mol. The molecule has 1 unspecified atom stereocenters. The number of aryl methyl sites for hydroxylation is 1. The minimum absolute atomic E-state index is 0.0278. The molecule has 4 rings (SSSR count). The molecule has 0 amide bonds. The number of fused-ring (bicyclic) bond motifs is 1. The molecule has 2 aliphatic rings. The fourth-order valence-electron chi connectivity index (χ4n) is 4.49. The molecule has 7 heteroatoms. The molecule has 2 aromatic rings. The van der Waals surface area contributed by atoms with E-state index in [1.807, 2.05) is 23.9 Å². The maximum Gasteiger partial charge on any atom is 0.260 e. The van der Waals surface area contributed by atoms with Gasteiger partial charge in [-0.25, -0.2) is 8.78 Å². The topological polar surface area (TPSA) is 45.1 Å². The van der Waals surface area contributed by atoms with Crippen molar-refractivity contribution in [3.8, 4) is 0 Å². The highest BCUT2D eigenvalue weighted by Crippen LogP contribution is 2.36. The van der Waals surface area contributed by atoms with Gasteiger partial charge in [-0.1, -0.05) is 19.7 Å². The van der Waals surface area contributed by atoms with Crippen molar-refractivity contribution in [2.75, 3.05) is 25.0 Å². The maximum atomic E-state index is 13.6. The van der Waals surface area contributed by atoms with Crippen LogP contribution in [-0.2, 0) is 7.05 Å². The standard InChI is InChI=1S/C23H29F2N5/c1-15-6-8-19(17(3)26-15)22-20-9-7-18(12-21(20)29(4)28-22)27-16(2)13-30-11-5-10-23(24,25)14-30/h7,9,12,19,26-27H,1-3,5-6,8,10-11,13-14H2,4H3. The van der Waals surface area contributed by atoms with Gasteiger partial charge < -0.3 is 10.6 Å². The number of piperidine rings is 2. The minimum Gasteiger partial charge on any atom is -0.363 e. The molecule has 1 aromatic heterocycles. The Balaban J connectivity index is 1.49. The number of aromatic nitrogens is 2. The molecule has 2 aliphatic heterocycles. The van der Waals surface area contributed by atoms with Crippen molar-refractivity contribution < 1.29 is 8.78 Å². The fourth-order valence-corrected chi connectivity index (χ4v) is 4.49. The summed E-state index contributed by atoms with van der Waals surface area (Å²) in [5, 5.41) is 12.4. The summed E-state index contributed by atoms with van der Waals surface area (Å²) in [5.74, 6) is -2.46. The smallest absolute Gasteiger partial charge is 0.260 e. The third-order valence-corrected chi connectivity index (χ3v) is 5.91. The average Bonchev–Trinajstić information content (AvgIpc) is 2.97. The number of halogens is 2. The van der Waals surface area contributed by atoms with Gasteiger partial charge in [0.15, 0.2) is 0 Å². The highest BCUT2D eigenvalue weighted by atomic mass is 19.3. The molecule has 0 bridgehead atoms. The lowest BCUT2D eigenvalue weighted by molar-refractivity contribution is -0.0614. The highest BCUT2D eigenvalue weighted by molar-refractivity contribution is 5.86. The Bertz CT molecular complexity index is 1010. The van der Waals surface area contributed by atoms with E-state index in [0.29, 0.717) is 25.2 Å². The molecule has 2 N–H and O–H groups in total. The van der Waals surface area contributed by atoms with E-state index < -0.39 is 5.92 Å². The molecule has 3 heterocycles. The second-order valence-electron chi connectivity index (χ2n) is 8.48. The number of rotatable bonds is 5. The van der Waals surface area contributed by atoms with E-state index >= 15 is 0 Å². The number of hydrogen-bond donors (Lipinski definition) is 2. The monoisotopic (exact) mass is 413 g/mol. The van der Waals surface area contributed by atoms with Crippen LogP contribution in [0.3, 0.4) is 0 Å². The van der Waals surface area contributed by atoms with Crippen LogP contribution in [0.25, 0.3) is 10.9 Å². The Kier molecular flexibility index (Phi) is 5.40. The van der Waals surface area contributed by atoms with E-state index in [1.54, 1.807) is 4.90 Å². The van der Waals surface area contributed by atoms with Gasteiger partial charge in [-0.05, 0) is 44.0 Å². The van der Waals surface area contributed by atoms with Crippen molar-refractivity contribution in [3.05, 3.63) is 60.7 Å². The quantitative estimate of drug-likeness (QED) is 0.744. The van der Waals surface area contributed by atoms with Gasteiger partial charge >= 0.3 is 0 Å². The van der Waals surface area contributed by atoms with E-state index in [1.165, 1.54) is 0 Å². The van der Waals surface area contributed by atoms with Gasteiger partial charge in [-0.2, -0.15) is 5.10 Å². The molecule has 0 spiro atoms. The van der Waals surface area contributed by atoms with Crippen molar-refractivity contribution in [2.24, 2.45) is 7.05 Å². The molecule has 0 saturated carbocycles. The van der Waals surface area contributed by atoms with Gasteiger partial charge in [0.25, 0.3) is 5.92 Å². The molecule has 5 nitrogen and oxygen atoms in total. The predicted octanol–water partition coefficient (Wildman–Crippen LogP) is 4.72. The van der Waals surface area contributed by atoms with Crippen molar-refractivity contribution in [3.63, 3.8) is 0 Å². The molecule has 1 atom stereocenters. The molecule has 2 fully saturated rings. The Morgan fingerprint density at radius 2 is 2.17 bits per heavy atom. The number of nitrogens with zero attached hydrogens (tertiary/aromatic N) is 3. The van der Waals surface area contributed by atoms with Crippen LogP contribution in [0.2, 0.25) is 0 Å². The van der Waals surface area contributed by atoms with E-state index in [2.05, 4.69) is 36.4 Å². The van der Waals surface area contributed by atoms with Crippen LogP contribution >= 0.6 is 0 Å². The Morgan fingerprint density at radius 1 is 1.37 bits per heavy atom. The summed E-state index contributed by atoms with van der Waals surface area (Å²) in [5.41, 5.74) is 5.52. The van der Waals surface area contributed by atoms with Crippen LogP contribution in [0.4, 0.5) is 14.5 Å². The molecule has 1 aromatic carbocycles. The van der Waals surface area contributed by atoms with Gasteiger partial charge in [-0.3, -0.25) is 9.58 Å². The third kappa shape index (κ3) is 4.26. The van der Waals surface area contributed by atoms with Crippen molar-refractivity contribution in [1.29, 1.82) is 0 Å². The zero-order chi connectivity index (χ0) is 21.5. The largest absolute Gasteiger partial charge is 0.363 e. The molecule has 30 heavy (non-hydrogen) atoms. The van der Waals surface area contributed by atoms with Crippen molar-refractivity contribution in [1.82, 2.24) is 20.0 Å². The lowest BCUT2D eigenvalue weighted by Gasteiger charge is -2.32. The highest BCUT2D eigenvalue weighted by Gasteiger charge is 2.35. The lowest BCUT2D eigenvalue weighted by Crippen LogP contribution is -2.43. The first-order valence-electron chi connectivity index (χ1n) is 10.4. The number of likely N-dealkylation sites (tertiary alicyclic amines) is 1. The first-order valence-corrected chi connectivity index (χ1v) is 10.4. The fraction of sp³-hybridized carbons (Fsp3) is 0.435. The first-order chi connectivity index (χ1) is 14.2. The third-order valence-electron chi connectivity index (χ3n) is 5.91. The zero-order valence-electron chi connectivity index (χ0n) is 17.5. The number of alkyl halides is 2. The van der Waals surface area contributed by atoms with E-state index in [4.69, 9.17) is 5.10 Å². The van der Waals surface area contributed by atoms with Gasteiger partial charge in [0, 0.05) is 54.1 Å². The second-order valence-corrected chi connectivity index (χ2v) is 8.48. The zero-order valence-corrected chi connectivity index (χ0v) is 17.5. The molecule has 0 radical (unpaired) electrons. The maximum absolute atomic E-state index is 13.6. The Morgan fingerprint density at radius 3 is 2.90 bits per heavy atom. The van der Waals surface area contributed by atoms with E-state index in [-0.39, 0.29) is 18.9 Å². The number of allylic oxidation sites excluding steroid dienone is 2. The van der Waals surface area contributed by atoms with Crippen LogP contribution in [-0.4, -0.2) is 40.2 Å². The summed E-state index contributed by atoms with van der Waals surface area (Å²) in [4.78, 5) is 1.76. The number of nitrogens with one attached hydrogen (secondary N) is 2. The Hall–Kier alpha value is -2.67. The van der Waals surface area contributed by atoms with Crippen LogP contribution in [0.5, 0.6) is 0 Å². The van der Waals surface area contributed by atoms with Crippen molar-refractivity contribution in [2.45, 2.75) is 37.5 Å². The summed E-state index contributed by atoms with van der Waals surface area (Å²) >= 11 is 0. The first kappa shape index (κ1) is 20.6. The summed E-state index contributed by atoms with van der Waals surface area (Å²) in [7, 11) is 1.93. The Labute approximate surface area is 176 Å². The van der Waals surface area contributed by atoms with E-state index in [9.17, 15) is 8.78 Å². The molecular weight excluding hydrogens is 384 g/mol. The second kappa shape index (κ2) is 7.87. The molecule has 0 aliphatic carbocycles. The normalized spacial score (nSPS) is 22.2. The molecular formula is C23H29F2N5. The van der Waals surface area contributed by atoms with Gasteiger partial charge in [0.2, 0.25) is 0 Å². The van der Waals surface area contributed by atoms with Gasteiger partial charge in [0.1, 0.15) is 0 Å². The number of anilines is 1. The molecule has 2 saturated heterocycles. The summed E-state index contributed by atoms with van der Waals surface area (Å²) < 4.78 is 29.2. The van der Waals surface area contributed by atoms with Crippen LogP contribution in [0, 0.1) is 0 Å². The SMILES string of the molecule is C=C1CCC(c2nn(C)c3cc(NC(=C)CN4CCCC(F)(F)C4)ccc23)C(=C)N1. The summed E-state index contributed by atoms with van der Waals surface area (Å²) in [6.45, 7) is 13.1. The van der Waals surface area contributed by atoms with Crippen LogP contribution < -0.4 is 10.6 Å². The average molecular weight is 414 g/mol. The number of hydrogen-bond acceptors (Lipinski definition) is 4. The van der Waals surface area contributed by atoms with Gasteiger partial charge in [-0.15, -0.1) is 0 Å². The number of benzene rings is 1. The summed E-state index contributed by atoms with van der Waals surface area (Å²) in [6.07, 6.45) is 2.32. The molecule has 160 valence electrons. The lowest BCUT2D eigenvalue weighted by atomic mass is 9.90. The summed E-state index contributed by atoms with van der Waals surface area (Å²) in [6, 6.07) is 6.07. The van der Waals surface area contributed by atoms with Crippen LogP contribution in [0.1, 0.15) is 37.3 Å². The van der Waals surface area contributed by atoms with Crippen molar-refractivity contribution >= 4 is 16.6 Å². The van der Waals surface area contributed by atoms with Gasteiger partial charge in [0.05, 0.1) is 17.8 Å². The minimum atomic E-state index is -2.60. The van der Waals surface area contributed by atoms with E-state index in [0.717, 1.165) is 46.5 Å². The van der Waals surface area contributed by atoms with Crippen LogP contribution in [0.15, 0.2) is 55.0 Å².